The quantitative estimate of drug-likeness (QED) is 0.530. The van der Waals surface area contributed by atoms with Crippen LogP contribution in [0.3, 0.4) is 0 Å². The SMILES string of the molecule is C[C@H]1c2sc3c(ccn3C)c2C2(CCCCC2)N1c1ccccc1. The molecule has 2 aromatic heterocycles. The molecule has 1 saturated carbocycles. The summed E-state index contributed by atoms with van der Waals surface area (Å²) in [6, 6.07) is 13.9. The van der Waals surface area contributed by atoms with Crippen molar-refractivity contribution in [1.29, 1.82) is 0 Å². The van der Waals surface area contributed by atoms with E-state index in [4.69, 9.17) is 0 Å². The van der Waals surface area contributed by atoms with Gasteiger partial charge in [0.2, 0.25) is 0 Å². The molecule has 2 aliphatic rings. The maximum atomic E-state index is 2.75. The predicted molar refractivity (Wildman–Crippen MR) is 103 cm³/mol. The lowest BCUT2D eigenvalue weighted by Gasteiger charge is -2.45. The van der Waals surface area contributed by atoms with Gasteiger partial charge < -0.3 is 9.47 Å². The number of aromatic nitrogens is 1. The summed E-state index contributed by atoms with van der Waals surface area (Å²) >= 11 is 2.02. The lowest BCUT2D eigenvalue weighted by Crippen LogP contribution is -2.44. The summed E-state index contributed by atoms with van der Waals surface area (Å²) in [4.78, 5) is 5.80. The Bertz CT molecular complexity index is 883. The van der Waals surface area contributed by atoms with Crippen molar-refractivity contribution >= 4 is 27.2 Å². The Morgan fingerprint density at radius 1 is 1.04 bits per heavy atom. The number of rotatable bonds is 1. The average molecular weight is 337 g/mol. The molecule has 5 rings (SSSR count). The Labute approximate surface area is 147 Å². The number of nitrogens with zero attached hydrogens (tertiary/aromatic N) is 2. The highest BCUT2D eigenvalue weighted by Gasteiger charge is 2.51. The van der Waals surface area contributed by atoms with Crippen LogP contribution in [-0.2, 0) is 12.6 Å². The molecule has 3 heterocycles. The second-order valence-electron chi connectivity index (χ2n) is 7.46. The van der Waals surface area contributed by atoms with E-state index in [0.717, 1.165) is 0 Å². The molecule has 24 heavy (non-hydrogen) atoms. The second kappa shape index (κ2) is 5.13. The summed E-state index contributed by atoms with van der Waals surface area (Å²) in [6.07, 6.45) is 8.89. The number of para-hydroxylation sites is 1. The van der Waals surface area contributed by atoms with E-state index in [1.165, 1.54) is 48.0 Å². The summed E-state index contributed by atoms with van der Waals surface area (Å²) in [5.41, 5.74) is 3.24. The lowest BCUT2D eigenvalue weighted by molar-refractivity contribution is 0.286. The van der Waals surface area contributed by atoms with Crippen LogP contribution in [0.5, 0.6) is 0 Å². The number of hydrogen-bond donors (Lipinski definition) is 0. The van der Waals surface area contributed by atoms with Gasteiger partial charge in [-0.15, -0.1) is 11.3 Å². The van der Waals surface area contributed by atoms with E-state index in [1.807, 2.05) is 11.3 Å². The zero-order valence-electron chi connectivity index (χ0n) is 14.5. The second-order valence-corrected chi connectivity index (χ2v) is 8.49. The molecule has 1 atom stereocenters. The average Bonchev–Trinajstić information content (AvgIpc) is 3.22. The Morgan fingerprint density at radius 3 is 2.54 bits per heavy atom. The first-order valence-corrected chi connectivity index (χ1v) is 9.97. The molecule has 0 radical (unpaired) electrons. The van der Waals surface area contributed by atoms with E-state index in [0.29, 0.717) is 6.04 Å². The van der Waals surface area contributed by atoms with E-state index in [-0.39, 0.29) is 5.54 Å². The van der Waals surface area contributed by atoms with Crippen LogP contribution in [0.25, 0.3) is 10.2 Å². The molecule has 0 amide bonds. The first-order valence-electron chi connectivity index (χ1n) is 9.15. The minimum Gasteiger partial charge on any atom is -0.354 e. The highest BCUT2D eigenvalue weighted by Crippen LogP contribution is 2.59. The van der Waals surface area contributed by atoms with Crippen LogP contribution < -0.4 is 4.90 Å². The van der Waals surface area contributed by atoms with Crippen molar-refractivity contribution < 1.29 is 0 Å². The van der Waals surface area contributed by atoms with Gasteiger partial charge in [-0.2, -0.15) is 0 Å². The Kier molecular flexibility index (Phi) is 3.12. The fraction of sp³-hybridized carbons (Fsp3) is 0.429. The highest BCUT2D eigenvalue weighted by molar-refractivity contribution is 7.19. The van der Waals surface area contributed by atoms with E-state index >= 15 is 0 Å². The van der Waals surface area contributed by atoms with Crippen molar-refractivity contribution in [2.45, 2.75) is 50.6 Å². The zero-order chi connectivity index (χ0) is 16.3. The molecule has 0 N–H and O–H groups in total. The number of thiophene rings is 1. The van der Waals surface area contributed by atoms with Crippen molar-refractivity contribution in [3.8, 4) is 0 Å². The van der Waals surface area contributed by atoms with Crippen LogP contribution in [0.4, 0.5) is 5.69 Å². The van der Waals surface area contributed by atoms with E-state index < -0.39 is 0 Å². The van der Waals surface area contributed by atoms with Crippen molar-refractivity contribution in [3.05, 3.63) is 53.0 Å². The topological polar surface area (TPSA) is 8.17 Å². The van der Waals surface area contributed by atoms with Gasteiger partial charge in [0.1, 0.15) is 4.83 Å². The number of benzene rings is 1. The summed E-state index contributed by atoms with van der Waals surface area (Å²) in [6.45, 7) is 2.41. The van der Waals surface area contributed by atoms with Gasteiger partial charge in [0.25, 0.3) is 0 Å². The van der Waals surface area contributed by atoms with Crippen LogP contribution in [0.1, 0.15) is 55.5 Å². The van der Waals surface area contributed by atoms with Gasteiger partial charge in [-0.3, -0.25) is 0 Å². The van der Waals surface area contributed by atoms with Gasteiger partial charge in [-0.25, -0.2) is 0 Å². The molecule has 0 saturated heterocycles. The highest BCUT2D eigenvalue weighted by atomic mass is 32.1. The number of fused-ring (bicyclic) bond motifs is 4. The summed E-state index contributed by atoms with van der Waals surface area (Å²) in [7, 11) is 2.18. The van der Waals surface area contributed by atoms with Gasteiger partial charge in [-0.1, -0.05) is 37.5 Å². The standard InChI is InChI=1S/C21H24N2S/c1-15-19-18(17-11-14-22(2)20(17)24-19)21(12-7-4-8-13-21)23(15)16-9-5-3-6-10-16/h3,5-6,9-11,14-15H,4,7-8,12-13H2,1-2H3/t15-/m0/s1. The molecule has 2 nitrogen and oxygen atoms in total. The molecular weight excluding hydrogens is 312 g/mol. The van der Waals surface area contributed by atoms with Gasteiger partial charge in [-0.05, 0) is 38.0 Å². The Hall–Kier alpha value is -1.74. The number of anilines is 1. The summed E-state index contributed by atoms with van der Waals surface area (Å²) < 4.78 is 2.30. The van der Waals surface area contributed by atoms with Crippen LogP contribution in [0.15, 0.2) is 42.6 Å². The van der Waals surface area contributed by atoms with Gasteiger partial charge in [0, 0.05) is 34.8 Å². The molecule has 3 aromatic rings. The van der Waals surface area contributed by atoms with Crippen molar-refractivity contribution in [1.82, 2.24) is 4.57 Å². The molecule has 1 spiro atoms. The van der Waals surface area contributed by atoms with Crippen LogP contribution in [0.2, 0.25) is 0 Å². The van der Waals surface area contributed by atoms with Crippen molar-refractivity contribution in [2.24, 2.45) is 7.05 Å². The molecule has 1 aliphatic heterocycles. The Morgan fingerprint density at radius 2 is 1.79 bits per heavy atom. The molecule has 1 aromatic carbocycles. The third-order valence-corrected chi connectivity index (χ3v) is 7.61. The van der Waals surface area contributed by atoms with E-state index in [2.05, 4.69) is 66.0 Å². The fourth-order valence-electron chi connectivity index (χ4n) is 5.19. The summed E-state index contributed by atoms with van der Waals surface area (Å²) in [5.74, 6) is 0. The molecule has 0 unspecified atom stereocenters. The predicted octanol–water partition coefficient (Wildman–Crippen LogP) is 5.98. The van der Waals surface area contributed by atoms with Crippen molar-refractivity contribution in [3.63, 3.8) is 0 Å². The van der Waals surface area contributed by atoms with Crippen LogP contribution >= 0.6 is 11.3 Å². The van der Waals surface area contributed by atoms with Gasteiger partial charge in [0.15, 0.2) is 0 Å². The van der Waals surface area contributed by atoms with E-state index in [9.17, 15) is 0 Å². The van der Waals surface area contributed by atoms with Crippen LogP contribution in [-0.4, -0.2) is 4.57 Å². The maximum absolute atomic E-state index is 2.75. The number of hydrogen-bond acceptors (Lipinski definition) is 2. The smallest absolute Gasteiger partial charge is 0.103 e. The molecular formula is C21H24N2S. The van der Waals surface area contributed by atoms with Gasteiger partial charge in [0.05, 0.1) is 11.6 Å². The summed E-state index contributed by atoms with van der Waals surface area (Å²) in [5, 5.41) is 1.50. The fourth-order valence-corrected chi connectivity index (χ4v) is 6.56. The minimum absolute atomic E-state index is 0.202. The Balaban J connectivity index is 1.77. The first kappa shape index (κ1) is 14.6. The molecule has 0 bridgehead atoms. The van der Waals surface area contributed by atoms with Gasteiger partial charge >= 0.3 is 0 Å². The largest absolute Gasteiger partial charge is 0.354 e. The third-order valence-electron chi connectivity index (χ3n) is 6.15. The first-order chi connectivity index (χ1) is 11.7. The van der Waals surface area contributed by atoms with Crippen molar-refractivity contribution in [2.75, 3.05) is 4.90 Å². The zero-order valence-corrected chi connectivity index (χ0v) is 15.3. The molecule has 1 fully saturated rings. The van der Waals surface area contributed by atoms with Crippen LogP contribution in [0, 0.1) is 0 Å². The minimum atomic E-state index is 0.202. The number of aryl methyl sites for hydroxylation is 1. The lowest BCUT2D eigenvalue weighted by atomic mass is 9.76. The molecule has 1 aliphatic carbocycles. The monoisotopic (exact) mass is 336 g/mol. The molecule has 3 heteroatoms. The molecule has 124 valence electrons. The van der Waals surface area contributed by atoms with E-state index in [1.54, 1.807) is 10.4 Å². The maximum Gasteiger partial charge on any atom is 0.103 e. The normalized spacial score (nSPS) is 22.4. The third kappa shape index (κ3) is 1.76.